The minimum Gasteiger partial charge on any atom is -0.398 e. The van der Waals surface area contributed by atoms with Crippen LogP contribution >= 0.6 is 11.8 Å². The number of benzene rings is 1. The van der Waals surface area contributed by atoms with Gasteiger partial charge < -0.3 is 16.0 Å². The van der Waals surface area contributed by atoms with Gasteiger partial charge in [0.05, 0.1) is 0 Å². The summed E-state index contributed by atoms with van der Waals surface area (Å²) in [4.78, 5) is 14.4. The van der Waals surface area contributed by atoms with Crippen LogP contribution in [0.15, 0.2) is 23.1 Å². The number of amides is 2. The van der Waals surface area contributed by atoms with Gasteiger partial charge in [0.1, 0.15) is 0 Å². The van der Waals surface area contributed by atoms with Crippen molar-refractivity contribution in [1.29, 1.82) is 0 Å². The number of urea groups is 1. The standard InChI is InChI=1S/C12H17N3OS/c1-9-10(13)3-2-4-11(9)17-8-7-15-6-5-14-12(15)16/h2-4H,5-8,13H2,1H3,(H,14,16). The number of carbonyl (C=O) groups excluding carboxylic acids is 1. The van der Waals surface area contributed by atoms with Gasteiger partial charge in [-0.05, 0) is 24.6 Å². The molecular formula is C12H17N3OS. The highest BCUT2D eigenvalue weighted by atomic mass is 32.2. The third-order valence-electron chi connectivity index (χ3n) is 2.89. The van der Waals surface area contributed by atoms with Crippen LogP contribution in [0.5, 0.6) is 0 Å². The Morgan fingerprint density at radius 3 is 3.06 bits per heavy atom. The van der Waals surface area contributed by atoms with E-state index in [-0.39, 0.29) is 6.03 Å². The largest absolute Gasteiger partial charge is 0.398 e. The van der Waals surface area contributed by atoms with E-state index in [0.717, 1.165) is 36.6 Å². The second-order valence-electron chi connectivity index (χ2n) is 4.04. The van der Waals surface area contributed by atoms with Gasteiger partial charge in [0.2, 0.25) is 0 Å². The topological polar surface area (TPSA) is 58.4 Å². The van der Waals surface area contributed by atoms with Gasteiger partial charge in [0.15, 0.2) is 0 Å². The molecule has 0 radical (unpaired) electrons. The summed E-state index contributed by atoms with van der Waals surface area (Å²) in [7, 11) is 0. The number of nitrogens with one attached hydrogen (secondary N) is 1. The first-order chi connectivity index (χ1) is 8.18. The average Bonchev–Trinajstić information content (AvgIpc) is 2.71. The molecule has 5 heteroatoms. The van der Waals surface area contributed by atoms with Crippen molar-refractivity contribution in [3.8, 4) is 0 Å². The number of nitrogen functional groups attached to an aromatic ring is 1. The molecule has 0 saturated carbocycles. The highest BCUT2D eigenvalue weighted by molar-refractivity contribution is 7.99. The fourth-order valence-electron chi connectivity index (χ4n) is 1.78. The first-order valence-corrected chi connectivity index (χ1v) is 6.67. The molecule has 4 nitrogen and oxygen atoms in total. The lowest BCUT2D eigenvalue weighted by Gasteiger charge is -2.14. The number of thioether (sulfide) groups is 1. The molecule has 1 aromatic rings. The number of nitrogens with two attached hydrogens (primary N) is 1. The molecule has 0 unspecified atom stereocenters. The molecule has 0 aromatic heterocycles. The van der Waals surface area contributed by atoms with Gasteiger partial charge in [-0.1, -0.05) is 6.07 Å². The van der Waals surface area contributed by atoms with Crippen LogP contribution in [0.4, 0.5) is 10.5 Å². The maximum atomic E-state index is 11.3. The summed E-state index contributed by atoms with van der Waals surface area (Å²) in [5, 5.41) is 2.80. The zero-order valence-electron chi connectivity index (χ0n) is 9.90. The Kier molecular flexibility index (Phi) is 3.78. The Morgan fingerprint density at radius 1 is 1.53 bits per heavy atom. The molecule has 2 rings (SSSR count). The third kappa shape index (κ3) is 2.85. The van der Waals surface area contributed by atoms with E-state index >= 15 is 0 Å². The Bertz CT molecular complexity index is 422. The van der Waals surface area contributed by atoms with E-state index < -0.39 is 0 Å². The summed E-state index contributed by atoms with van der Waals surface area (Å²) in [6.07, 6.45) is 0. The first-order valence-electron chi connectivity index (χ1n) is 5.69. The third-order valence-corrected chi connectivity index (χ3v) is 4.03. The molecule has 0 bridgehead atoms. The molecule has 1 aliphatic rings. The summed E-state index contributed by atoms with van der Waals surface area (Å²) >= 11 is 1.75. The highest BCUT2D eigenvalue weighted by Gasteiger charge is 2.18. The van der Waals surface area contributed by atoms with Gasteiger partial charge in [-0.25, -0.2) is 4.79 Å². The molecule has 1 fully saturated rings. The molecule has 17 heavy (non-hydrogen) atoms. The fraction of sp³-hybridized carbons (Fsp3) is 0.417. The van der Waals surface area contributed by atoms with Gasteiger partial charge in [0.25, 0.3) is 0 Å². The molecular weight excluding hydrogens is 234 g/mol. The zero-order valence-corrected chi connectivity index (χ0v) is 10.7. The minimum atomic E-state index is 0.0508. The van der Waals surface area contributed by atoms with Crippen LogP contribution in [-0.2, 0) is 0 Å². The smallest absolute Gasteiger partial charge is 0.317 e. The molecule has 1 aliphatic heterocycles. The second-order valence-corrected chi connectivity index (χ2v) is 5.17. The van der Waals surface area contributed by atoms with Gasteiger partial charge >= 0.3 is 6.03 Å². The SMILES string of the molecule is Cc1c(N)cccc1SCCN1CCNC1=O. The Hall–Kier alpha value is -1.36. The minimum absolute atomic E-state index is 0.0508. The zero-order chi connectivity index (χ0) is 12.3. The molecule has 0 atom stereocenters. The van der Waals surface area contributed by atoms with Crippen molar-refractivity contribution in [3.63, 3.8) is 0 Å². The van der Waals surface area contributed by atoms with Crippen molar-refractivity contribution in [3.05, 3.63) is 23.8 Å². The normalized spacial score (nSPS) is 15.1. The number of rotatable bonds is 4. The Morgan fingerprint density at radius 2 is 2.35 bits per heavy atom. The van der Waals surface area contributed by atoms with Crippen LogP contribution in [0.25, 0.3) is 0 Å². The molecule has 2 amide bonds. The van der Waals surface area contributed by atoms with E-state index in [1.54, 1.807) is 11.8 Å². The second kappa shape index (κ2) is 5.31. The monoisotopic (exact) mass is 251 g/mol. The van der Waals surface area contributed by atoms with E-state index in [1.165, 1.54) is 4.90 Å². The van der Waals surface area contributed by atoms with Crippen LogP contribution in [0.1, 0.15) is 5.56 Å². The van der Waals surface area contributed by atoms with Crippen molar-refractivity contribution in [2.75, 3.05) is 31.1 Å². The first kappa shape index (κ1) is 12.1. The summed E-state index contributed by atoms with van der Waals surface area (Å²) in [5.41, 5.74) is 7.80. The predicted molar refractivity (Wildman–Crippen MR) is 71.3 cm³/mol. The number of carbonyl (C=O) groups is 1. The number of hydrogen-bond acceptors (Lipinski definition) is 3. The maximum Gasteiger partial charge on any atom is 0.317 e. The van der Waals surface area contributed by atoms with Gasteiger partial charge in [-0.15, -0.1) is 11.8 Å². The molecule has 0 aliphatic carbocycles. The number of anilines is 1. The maximum absolute atomic E-state index is 11.3. The van der Waals surface area contributed by atoms with Gasteiger partial charge in [0, 0.05) is 36.0 Å². The van der Waals surface area contributed by atoms with E-state index in [1.807, 2.05) is 24.0 Å². The van der Waals surface area contributed by atoms with Gasteiger partial charge in [-0.2, -0.15) is 0 Å². The number of nitrogens with zero attached hydrogens (tertiary/aromatic N) is 1. The summed E-state index contributed by atoms with van der Waals surface area (Å²) in [6, 6.07) is 6.00. The van der Waals surface area contributed by atoms with Gasteiger partial charge in [-0.3, -0.25) is 0 Å². The van der Waals surface area contributed by atoms with Crippen molar-refractivity contribution in [2.45, 2.75) is 11.8 Å². The lowest BCUT2D eigenvalue weighted by Crippen LogP contribution is -2.30. The number of hydrogen-bond donors (Lipinski definition) is 2. The molecule has 3 N–H and O–H groups in total. The van der Waals surface area contributed by atoms with Crippen molar-refractivity contribution < 1.29 is 4.79 Å². The van der Waals surface area contributed by atoms with Crippen LogP contribution in [0, 0.1) is 6.92 Å². The summed E-state index contributed by atoms with van der Waals surface area (Å²) < 4.78 is 0. The van der Waals surface area contributed by atoms with Crippen LogP contribution in [0.3, 0.4) is 0 Å². The lowest BCUT2D eigenvalue weighted by atomic mass is 10.2. The van der Waals surface area contributed by atoms with Crippen molar-refractivity contribution in [2.24, 2.45) is 0 Å². The van der Waals surface area contributed by atoms with E-state index in [0.29, 0.717) is 0 Å². The van der Waals surface area contributed by atoms with E-state index in [9.17, 15) is 4.79 Å². The Labute approximate surface area is 106 Å². The molecule has 0 spiro atoms. The lowest BCUT2D eigenvalue weighted by molar-refractivity contribution is 0.220. The van der Waals surface area contributed by atoms with E-state index in [4.69, 9.17) is 5.73 Å². The summed E-state index contributed by atoms with van der Waals surface area (Å²) in [5.74, 6) is 0.901. The van der Waals surface area contributed by atoms with Crippen LogP contribution in [-0.4, -0.2) is 36.3 Å². The average molecular weight is 251 g/mol. The molecule has 92 valence electrons. The predicted octanol–water partition coefficient (Wildman–Crippen LogP) is 1.69. The Balaban J connectivity index is 1.86. The van der Waals surface area contributed by atoms with Crippen LogP contribution in [0.2, 0.25) is 0 Å². The summed E-state index contributed by atoms with van der Waals surface area (Å²) in [6.45, 7) is 4.39. The molecule has 1 heterocycles. The van der Waals surface area contributed by atoms with Crippen LogP contribution < -0.4 is 11.1 Å². The highest BCUT2D eigenvalue weighted by Crippen LogP contribution is 2.26. The quantitative estimate of drug-likeness (QED) is 0.632. The van der Waals surface area contributed by atoms with E-state index in [2.05, 4.69) is 11.4 Å². The fourth-order valence-corrected chi connectivity index (χ4v) is 2.82. The van der Waals surface area contributed by atoms with Crippen molar-refractivity contribution >= 4 is 23.5 Å². The molecule has 1 saturated heterocycles. The molecule has 1 aromatic carbocycles. The van der Waals surface area contributed by atoms with Crippen molar-refractivity contribution in [1.82, 2.24) is 10.2 Å².